The minimum absolute atomic E-state index is 0.223. The van der Waals surface area contributed by atoms with Gasteiger partial charge in [0.05, 0.1) is 6.04 Å². The topological polar surface area (TPSA) is 55.6 Å². The summed E-state index contributed by atoms with van der Waals surface area (Å²) in [4.78, 5) is 14.4. The standard InChI is InChI=1S/C20H18N2O2/c21-14-7-4-13(5-8-14)6-9-15-16-11-19(23)24-20(16)17(15)12-22-10-2-1-3-18(20)22/h4-5,7-8,11,18H,1-3,10,12,21H2/t18?,20-/m1/s1. The molecule has 1 spiro atoms. The largest absolute Gasteiger partial charge is 0.445 e. The number of benzene rings is 1. The zero-order valence-electron chi connectivity index (χ0n) is 13.3. The zero-order valence-corrected chi connectivity index (χ0v) is 13.3. The number of esters is 1. The number of anilines is 1. The maximum Gasteiger partial charge on any atom is 0.332 e. The van der Waals surface area contributed by atoms with Crippen LogP contribution < -0.4 is 5.73 Å². The second-order valence-electron chi connectivity index (χ2n) is 6.92. The van der Waals surface area contributed by atoms with Crippen molar-refractivity contribution in [3.8, 4) is 11.8 Å². The normalized spacial score (nSPS) is 30.4. The molecule has 2 saturated heterocycles. The van der Waals surface area contributed by atoms with Crippen molar-refractivity contribution >= 4 is 11.7 Å². The van der Waals surface area contributed by atoms with Gasteiger partial charge < -0.3 is 10.5 Å². The van der Waals surface area contributed by atoms with Crippen molar-refractivity contribution in [1.82, 2.24) is 4.90 Å². The van der Waals surface area contributed by atoms with Crippen LogP contribution in [0.2, 0.25) is 0 Å². The smallest absolute Gasteiger partial charge is 0.332 e. The third-order valence-electron chi connectivity index (χ3n) is 5.63. The van der Waals surface area contributed by atoms with Crippen molar-refractivity contribution in [3.63, 3.8) is 0 Å². The number of rotatable bonds is 0. The van der Waals surface area contributed by atoms with E-state index in [0.29, 0.717) is 6.04 Å². The van der Waals surface area contributed by atoms with E-state index < -0.39 is 5.60 Å². The molecule has 0 radical (unpaired) electrons. The molecule has 4 aliphatic rings. The van der Waals surface area contributed by atoms with Gasteiger partial charge in [-0.25, -0.2) is 4.79 Å². The highest BCUT2D eigenvalue weighted by molar-refractivity contribution is 5.94. The predicted octanol–water partition coefficient (Wildman–Crippen LogP) is 2.02. The number of nitrogen functional groups attached to an aromatic ring is 1. The molecule has 1 unspecified atom stereocenters. The number of fused-ring (bicyclic) bond motifs is 1. The number of piperidine rings is 1. The SMILES string of the molecule is Nc1ccc(C#CC2=C3CN4CCCCC4[C@]34OC(=O)C=C24)cc1. The molecule has 0 aromatic heterocycles. The fraction of sp³-hybridized carbons (Fsp3) is 0.350. The quantitative estimate of drug-likeness (QED) is 0.452. The van der Waals surface area contributed by atoms with E-state index in [4.69, 9.17) is 10.5 Å². The van der Waals surface area contributed by atoms with Crippen molar-refractivity contribution in [1.29, 1.82) is 0 Å². The Bertz CT molecular complexity index is 869. The maximum absolute atomic E-state index is 12.0. The van der Waals surface area contributed by atoms with E-state index in [1.807, 2.05) is 24.3 Å². The summed E-state index contributed by atoms with van der Waals surface area (Å²) in [6.45, 7) is 1.96. The van der Waals surface area contributed by atoms with Gasteiger partial charge >= 0.3 is 5.97 Å². The second kappa shape index (κ2) is 4.75. The monoisotopic (exact) mass is 318 g/mol. The van der Waals surface area contributed by atoms with E-state index in [-0.39, 0.29) is 5.97 Å². The molecule has 1 aromatic carbocycles. The summed E-state index contributed by atoms with van der Waals surface area (Å²) in [5.74, 6) is 6.26. The number of hydrogen-bond acceptors (Lipinski definition) is 4. The Kier molecular flexibility index (Phi) is 2.75. The lowest BCUT2D eigenvalue weighted by Crippen LogP contribution is -2.52. The summed E-state index contributed by atoms with van der Waals surface area (Å²) >= 11 is 0. The number of carbonyl (C=O) groups is 1. The molecule has 2 N–H and O–H groups in total. The highest BCUT2D eigenvalue weighted by Crippen LogP contribution is 2.58. The van der Waals surface area contributed by atoms with Crippen LogP contribution in [0.1, 0.15) is 24.8 Å². The van der Waals surface area contributed by atoms with Crippen molar-refractivity contribution in [2.45, 2.75) is 30.9 Å². The third-order valence-corrected chi connectivity index (χ3v) is 5.63. The molecule has 2 atom stereocenters. The van der Waals surface area contributed by atoms with Crippen LogP contribution >= 0.6 is 0 Å². The number of carbonyl (C=O) groups excluding carboxylic acids is 1. The molecule has 1 aliphatic carbocycles. The number of nitrogens with two attached hydrogens (primary N) is 1. The molecule has 1 aromatic rings. The van der Waals surface area contributed by atoms with Gasteiger partial charge in [-0.05, 0) is 43.7 Å². The van der Waals surface area contributed by atoms with Crippen LogP contribution in [0.3, 0.4) is 0 Å². The molecule has 24 heavy (non-hydrogen) atoms. The molecule has 3 aliphatic heterocycles. The van der Waals surface area contributed by atoms with Gasteiger partial charge in [0.15, 0.2) is 5.60 Å². The molecule has 0 bridgehead atoms. The summed E-state index contributed by atoms with van der Waals surface area (Å²) in [7, 11) is 0. The van der Waals surface area contributed by atoms with Crippen molar-refractivity contribution in [3.05, 3.63) is 52.6 Å². The van der Waals surface area contributed by atoms with Gasteiger partial charge in [-0.1, -0.05) is 18.3 Å². The van der Waals surface area contributed by atoms with Gasteiger partial charge in [0.1, 0.15) is 0 Å². The lowest BCUT2D eigenvalue weighted by molar-refractivity contribution is -0.146. The first-order valence-electron chi connectivity index (χ1n) is 8.49. The Morgan fingerprint density at radius 3 is 2.88 bits per heavy atom. The van der Waals surface area contributed by atoms with Crippen molar-refractivity contribution in [2.75, 3.05) is 18.8 Å². The Morgan fingerprint density at radius 2 is 2.04 bits per heavy atom. The van der Waals surface area contributed by atoms with Gasteiger partial charge in [0.25, 0.3) is 0 Å². The molecule has 0 amide bonds. The van der Waals surface area contributed by atoms with Crippen LogP contribution in [0, 0.1) is 11.8 Å². The summed E-state index contributed by atoms with van der Waals surface area (Å²) in [6, 6.07) is 7.85. The minimum Gasteiger partial charge on any atom is -0.445 e. The van der Waals surface area contributed by atoms with E-state index in [1.165, 1.54) is 18.4 Å². The molecule has 5 rings (SSSR count). The lowest BCUT2D eigenvalue weighted by atomic mass is 9.67. The van der Waals surface area contributed by atoms with Gasteiger partial charge in [-0.3, -0.25) is 4.90 Å². The van der Waals surface area contributed by atoms with Crippen LogP contribution in [0.15, 0.2) is 47.1 Å². The maximum atomic E-state index is 12.0. The fourth-order valence-corrected chi connectivity index (χ4v) is 4.57. The van der Waals surface area contributed by atoms with E-state index in [1.54, 1.807) is 6.08 Å². The summed E-state index contributed by atoms with van der Waals surface area (Å²) < 4.78 is 5.82. The molecule has 4 heteroatoms. The molecule has 2 fully saturated rings. The molecule has 120 valence electrons. The van der Waals surface area contributed by atoms with Gasteiger partial charge in [-0.2, -0.15) is 0 Å². The first kappa shape index (κ1) is 13.9. The first-order valence-corrected chi connectivity index (χ1v) is 8.49. The van der Waals surface area contributed by atoms with Crippen LogP contribution in [0.4, 0.5) is 5.69 Å². The molecule has 0 saturated carbocycles. The fourth-order valence-electron chi connectivity index (χ4n) is 4.57. The zero-order chi connectivity index (χ0) is 16.3. The molecule has 4 nitrogen and oxygen atoms in total. The number of hydrogen-bond donors (Lipinski definition) is 1. The third kappa shape index (κ3) is 1.71. The van der Waals surface area contributed by atoms with E-state index in [9.17, 15) is 4.79 Å². The number of nitrogens with zero attached hydrogens (tertiary/aromatic N) is 1. The Balaban J connectivity index is 1.56. The Labute approximate surface area is 141 Å². The average Bonchev–Trinajstić information content (AvgIpc) is 3.04. The van der Waals surface area contributed by atoms with Crippen LogP contribution in [0.5, 0.6) is 0 Å². The summed E-state index contributed by atoms with van der Waals surface area (Å²) in [6.07, 6.45) is 5.16. The summed E-state index contributed by atoms with van der Waals surface area (Å²) in [5, 5.41) is 0. The van der Waals surface area contributed by atoms with Crippen LogP contribution in [-0.2, 0) is 9.53 Å². The minimum atomic E-state index is -0.483. The summed E-state index contributed by atoms with van der Waals surface area (Å²) in [5.41, 5.74) is 10.1. The van der Waals surface area contributed by atoms with E-state index in [2.05, 4.69) is 16.7 Å². The van der Waals surface area contributed by atoms with Gasteiger partial charge in [0, 0.05) is 40.6 Å². The highest BCUT2D eigenvalue weighted by Gasteiger charge is 2.66. The van der Waals surface area contributed by atoms with Crippen LogP contribution in [-0.4, -0.2) is 35.6 Å². The Hall–Kier alpha value is -2.51. The van der Waals surface area contributed by atoms with Crippen LogP contribution in [0.25, 0.3) is 0 Å². The van der Waals surface area contributed by atoms with Gasteiger partial charge in [-0.15, -0.1) is 0 Å². The van der Waals surface area contributed by atoms with Crippen molar-refractivity contribution < 1.29 is 9.53 Å². The first-order chi connectivity index (χ1) is 11.7. The van der Waals surface area contributed by atoms with Gasteiger partial charge in [0.2, 0.25) is 0 Å². The molecular weight excluding hydrogens is 300 g/mol. The van der Waals surface area contributed by atoms with Crippen molar-refractivity contribution in [2.24, 2.45) is 0 Å². The highest BCUT2D eigenvalue weighted by atomic mass is 16.6. The van der Waals surface area contributed by atoms with E-state index in [0.717, 1.165) is 41.9 Å². The van der Waals surface area contributed by atoms with E-state index >= 15 is 0 Å². The second-order valence-corrected chi connectivity index (χ2v) is 6.92. The molecular formula is C20H18N2O2. The number of ether oxygens (including phenoxy) is 1. The predicted molar refractivity (Wildman–Crippen MR) is 90.9 cm³/mol. The average molecular weight is 318 g/mol. The molecule has 3 heterocycles. The Morgan fingerprint density at radius 1 is 1.21 bits per heavy atom. The lowest BCUT2D eigenvalue weighted by Gasteiger charge is -2.43.